The Balaban J connectivity index is 2.05. The Kier molecular flexibility index (Phi) is 8.15. The second-order valence-corrected chi connectivity index (χ2v) is 8.12. The molecule has 168 valence electrons. The number of esters is 2. The highest BCUT2D eigenvalue weighted by molar-refractivity contribution is 9.10. The largest absolute Gasteiger partial charge is 0.496 e. The molecule has 0 saturated carbocycles. The topological polar surface area (TPSA) is 74.3 Å². The molecule has 3 rings (SSSR count). The molecule has 7 nitrogen and oxygen atoms in total. The van der Waals surface area contributed by atoms with Gasteiger partial charge in [-0.15, -0.1) is 0 Å². The van der Waals surface area contributed by atoms with Gasteiger partial charge >= 0.3 is 11.9 Å². The third-order valence-electron chi connectivity index (χ3n) is 5.20. The SMILES string of the molecule is CCOC(=O)C1=CN(CC2CCCO2)C=C(C(=O)OCC)C1c1ccc(OC)c(Br)c1. The summed E-state index contributed by atoms with van der Waals surface area (Å²) in [7, 11) is 1.58. The van der Waals surface area contributed by atoms with E-state index in [2.05, 4.69) is 15.9 Å². The minimum atomic E-state index is -0.624. The molecule has 2 aliphatic rings. The first-order chi connectivity index (χ1) is 15.0. The van der Waals surface area contributed by atoms with Gasteiger partial charge in [-0.2, -0.15) is 0 Å². The molecule has 0 bridgehead atoms. The van der Waals surface area contributed by atoms with Crippen molar-refractivity contribution in [3.8, 4) is 5.75 Å². The van der Waals surface area contributed by atoms with Gasteiger partial charge in [0.2, 0.25) is 0 Å². The maximum absolute atomic E-state index is 12.9. The van der Waals surface area contributed by atoms with Crippen molar-refractivity contribution in [1.29, 1.82) is 0 Å². The molecule has 1 fully saturated rings. The van der Waals surface area contributed by atoms with Gasteiger partial charge in [0.25, 0.3) is 0 Å². The smallest absolute Gasteiger partial charge is 0.336 e. The highest BCUT2D eigenvalue weighted by Gasteiger charge is 2.36. The van der Waals surface area contributed by atoms with Crippen molar-refractivity contribution in [1.82, 2.24) is 4.90 Å². The molecular formula is C23H28BrNO6. The number of carbonyl (C=O) groups excluding carboxylic acids is 2. The maximum atomic E-state index is 12.9. The fraction of sp³-hybridized carbons (Fsp3) is 0.478. The van der Waals surface area contributed by atoms with E-state index in [9.17, 15) is 9.59 Å². The van der Waals surface area contributed by atoms with Crippen molar-refractivity contribution in [3.63, 3.8) is 0 Å². The Bertz CT molecular complexity index is 839. The molecule has 0 N–H and O–H groups in total. The van der Waals surface area contributed by atoms with Crippen LogP contribution in [0.15, 0.2) is 46.2 Å². The predicted octanol–water partition coefficient (Wildman–Crippen LogP) is 3.93. The van der Waals surface area contributed by atoms with E-state index >= 15 is 0 Å². The van der Waals surface area contributed by atoms with Crippen molar-refractivity contribution in [2.75, 3.05) is 33.5 Å². The lowest BCUT2D eigenvalue weighted by Gasteiger charge is -2.31. The van der Waals surface area contributed by atoms with Crippen LogP contribution in [0.25, 0.3) is 0 Å². The van der Waals surface area contributed by atoms with Gasteiger partial charge in [0.05, 0.1) is 48.0 Å². The molecule has 1 saturated heterocycles. The third-order valence-corrected chi connectivity index (χ3v) is 5.82. The average molecular weight is 494 g/mol. The highest BCUT2D eigenvalue weighted by Crippen LogP contribution is 2.40. The second-order valence-electron chi connectivity index (χ2n) is 7.27. The molecule has 0 spiro atoms. The van der Waals surface area contributed by atoms with E-state index in [1.54, 1.807) is 39.4 Å². The van der Waals surface area contributed by atoms with E-state index < -0.39 is 17.9 Å². The number of halogens is 1. The number of rotatable bonds is 8. The van der Waals surface area contributed by atoms with E-state index in [1.807, 2.05) is 17.0 Å². The van der Waals surface area contributed by atoms with E-state index in [0.717, 1.165) is 29.5 Å². The summed E-state index contributed by atoms with van der Waals surface area (Å²) >= 11 is 3.50. The first-order valence-electron chi connectivity index (χ1n) is 10.5. The van der Waals surface area contributed by atoms with Crippen LogP contribution < -0.4 is 4.74 Å². The van der Waals surface area contributed by atoms with Crippen molar-refractivity contribution in [2.24, 2.45) is 0 Å². The van der Waals surface area contributed by atoms with Gasteiger partial charge in [0, 0.05) is 25.6 Å². The zero-order valence-electron chi connectivity index (χ0n) is 18.1. The van der Waals surface area contributed by atoms with Crippen LogP contribution in [0, 0.1) is 0 Å². The number of methoxy groups -OCH3 is 1. The van der Waals surface area contributed by atoms with Crippen LogP contribution in [-0.4, -0.2) is 56.4 Å². The third kappa shape index (κ3) is 5.49. The van der Waals surface area contributed by atoms with Crippen molar-refractivity contribution in [2.45, 2.75) is 38.7 Å². The van der Waals surface area contributed by atoms with E-state index in [1.165, 1.54) is 0 Å². The highest BCUT2D eigenvalue weighted by atomic mass is 79.9. The molecular weight excluding hydrogens is 466 g/mol. The molecule has 1 aromatic rings. The number of hydrogen-bond acceptors (Lipinski definition) is 7. The van der Waals surface area contributed by atoms with Crippen LogP contribution in [0.3, 0.4) is 0 Å². The fourth-order valence-electron chi connectivity index (χ4n) is 3.83. The summed E-state index contributed by atoms with van der Waals surface area (Å²) in [6.45, 7) is 5.26. The van der Waals surface area contributed by atoms with Crippen LogP contribution in [0.2, 0.25) is 0 Å². The lowest BCUT2D eigenvalue weighted by Crippen LogP contribution is -2.32. The van der Waals surface area contributed by atoms with Crippen molar-refractivity contribution in [3.05, 3.63) is 51.8 Å². The second kappa shape index (κ2) is 10.8. The Labute approximate surface area is 191 Å². The van der Waals surface area contributed by atoms with Crippen molar-refractivity contribution < 1.29 is 28.5 Å². The molecule has 31 heavy (non-hydrogen) atoms. The zero-order valence-corrected chi connectivity index (χ0v) is 19.6. The molecule has 0 aliphatic carbocycles. The van der Waals surface area contributed by atoms with Crippen LogP contribution in [0.5, 0.6) is 5.75 Å². The molecule has 0 radical (unpaired) electrons. The van der Waals surface area contributed by atoms with Crippen LogP contribution in [0.4, 0.5) is 0 Å². The molecule has 1 atom stereocenters. The summed E-state index contributed by atoms with van der Waals surface area (Å²) in [5, 5.41) is 0. The van der Waals surface area contributed by atoms with Gasteiger partial charge in [-0.1, -0.05) is 6.07 Å². The zero-order chi connectivity index (χ0) is 22.4. The number of ether oxygens (including phenoxy) is 4. The Morgan fingerprint density at radius 2 is 1.77 bits per heavy atom. The lowest BCUT2D eigenvalue weighted by molar-refractivity contribution is -0.139. The normalized spacial score (nSPS) is 19.0. The van der Waals surface area contributed by atoms with Gasteiger partial charge in [0.1, 0.15) is 5.75 Å². The molecule has 0 amide bonds. The summed E-state index contributed by atoms with van der Waals surface area (Å²) in [6.07, 6.45) is 5.50. The van der Waals surface area contributed by atoms with Gasteiger partial charge in [-0.3, -0.25) is 0 Å². The maximum Gasteiger partial charge on any atom is 0.336 e. The number of carbonyl (C=O) groups is 2. The van der Waals surface area contributed by atoms with Gasteiger partial charge in [0.15, 0.2) is 0 Å². The Morgan fingerprint density at radius 3 is 2.26 bits per heavy atom. The molecule has 1 unspecified atom stereocenters. The summed E-state index contributed by atoms with van der Waals surface area (Å²) in [4.78, 5) is 27.7. The average Bonchev–Trinajstić information content (AvgIpc) is 3.26. The quantitative estimate of drug-likeness (QED) is 0.507. The Hall–Kier alpha value is -2.32. The minimum Gasteiger partial charge on any atom is -0.496 e. The molecule has 2 heterocycles. The van der Waals surface area contributed by atoms with E-state index in [4.69, 9.17) is 18.9 Å². The molecule has 2 aliphatic heterocycles. The molecule has 1 aromatic carbocycles. The van der Waals surface area contributed by atoms with Crippen LogP contribution >= 0.6 is 15.9 Å². The lowest BCUT2D eigenvalue weighted by atomic mass is 9.83. The number of hydrogen-bond donors (Lipinski definition) is 0. The standard InChI is InChI=1S/C23H28BrNO6/c1-4-29-22(26)17-13-25(12-16-7-6-10-31-16)14-18(23(27)30-5-2)21(17)15-8-9-20(28-3)19(24)11-15/h8-9,11,13-14,16,21H,4-7,10,12H2,1-3H3. The first-order valence-corrected chi connectivity index (χ1v) is 11.3. The monoisotopic (exact) mass is 493 g/mol. The van der Waals surface area contributed by atoms with Crippen LogP contribution in [-0.2, 0) is 23.8 Å². The predicted molar refractivity (Wildman–Crippen MR) is 119 cm³/mol. The van der Waals surface area contributed by atoms with E-state index in [0.29, 0.717) is 23.4 Å². The summed E-state index contributed by atoms with van der Waals surface area (Å²) < 4.78 is 22.5. The van der Waals surface area contributed by atoms with Crippen molar-refractivity contribution >= 4 is 27.9 Å². The van der Waals surface area contributed by atoms with E-state index in [-0.39, 0.29) is 19.3 Å². The van der Waals surface area contributed by atoms with Gasteiger partial charge < -0.3 is 23.8 Å². The summed E-state index contributed by atoms with van der Waals surface area (Å²) in [6, 6.07) is 5.48. The minimum absolute atomic E-state index is 0.0473. The fourth-order valence-corrected chi connectivity index (χ4v) is 4.39. The molecule has 8 heteroatoms. The van der Waals surface area contributed by atoms with Crippen LogP contribution in [0.1, 0.15) is 38.2 Å². The molecule has 0 aromatic heterocycles. The Morgan fingerprint density at radius 1 is 1.13 bits per heavy atom. The summed E-state index contributed by atoms with van der Waals surface area (Å²) in [5.74, 6) is -0.901. The van der Waals surface area contributed by atoms with Gasteiger partial charge in [-0.05, 0) is 60.3 Å². The number of benzene rings is 1. The first kappa shape index (κ1) is 23.3. The number of nitrogens with zero attached hydrogens (tertiary/aromatic N) is 1. The van der Waals surface area contributed by atoms with Gasteiger partial charge in [-0.25, -0.2) is 9.59 Å². The summed E-state index contributed by atoms with van der Waals surface area (Å²) in [5.41, 5.74) is 1.51.